The monoisotopic (exact) mass is 282 g/mol. The van der Waals surface area contributed by atoms with E-state index in [-0.39, 0.29) is 6.04 Å². The molecule has 0 saturated carbocycles. The molecule has 0 bridgehead atoms. The fraction of sp³-hybridized carbons (Fsp3) is 0.176. The second-order valence-electron chi connectivity index (χ2n) is 5.10. The highest BCUT2D eigenvalue weighted by molar-refractivity contribution is 8.03. The number of nitrogens with two attached hydrogens (primary N) is 1. The van der Waals surface area contributed by atoms with Crippen LogP contribution in [0.2, 0.25) is 0 Å². The molecule has 1 aromatic carbocycles. The molecule has 1 aliphatic heterocycles. The van der Waals surface area contributed by atoms with Crippen molar-refractivity contribution < 1.29 is 0 Å². The average molecular weight is 282 g/mol. The molecule has 20 heavy (non-hydrogen) atoms. The molecule has 1 atom stereocenters. The average Bonchev–Trinajstić information content (AvgIpc) is 2.43. The summed E-state index contributed by atoms with van der Waals surface area (Å²) in [6.07, 6.45) is 8.57. The van der Waals surface area contributed by atoms with Crippen molar-refractivity contribution in [2.24, 2.45) is 5.73 Å². The van der Waals surface area contributed by atoms with Crippen molar-refractivity contribution in [2.75, 3.05) is 11.1 Å². The maximum atomic E-state index is 5.73. The molecule has 1 unspecified atom stereocenters. The molecular formula is C17H18N2S. The van der Waals surface area contributed by atoms with Crippen molar-refractivity contribution in [1.82, 2.24) is 0 Å². The standard InChI is InChI=1S/C17H18N2S/c1-11-7-8-17-14(9-11)15(10-20-12(2)18)13-5-3-4-6-16(13)19-17/h3-9,16,19H,2,10,18H2,1H3. The summed E-state index contributed by atoms with van der Waals surface area (Å²) in [5, 5.41) is 4.25. The normalized spacial score (nSPS) is 19.4. The maximum absolute atomic E-state index is 5.73. The number of hydrogen-bond donors (Lipinski definition) is 2. The first-order valence-corrected chi connectivity index (χ1v) is 7.66. The molecule has 102 valence electrons. The largest absolute Gasteiger partial charge is 0.394 e. The van der Waals surface area contributed by atoms with E-state index in [1.807, 2.05) is 0 Å². The summed E-state index contributed by atoms with van der Waals surface area (Å²) in [7, 11) is 0. The molecule has 3 N–H and O–H groups in total. The van der Waals surface area contributed by atoms with E-state index < -0.39 is 0 Å². The highest BCUT2D eigenvalue weighted by Gasteiger charge is 2.24. The molecule has 2 aliphatic rings. The number of thioether (sulfide) groups is 1. The van der Waals surface area contributed by atoms with Gasteiger partial charge in [0.1, 0.15) is 0 Å². The van der Waals surface area contributed by atoms with Gasteiger partial charge in [0, 0.05) is 17.0 Å². The van der Waals surface area contributed by atoms with Crippen LogP contribution in [0.1, 0.15) is 11.1 Å². The Kier molecular flexibility index (Phi) is 3.45. The van der Waals surface area contributed by atoms with Crippen molar-refractivity contribution >= 4 is 23.0 Å². The Hall–Kier alpha value is -1.87. The van der Waals surface area contributed by atoms with E-state index in [4.69, 9.17) is 5.73 Å². The Morgan fingerprint density at radius 3 is 3.05 bits per heavy atom. The van der Waals surface area contributed by atoms with Gasteiger partial charge in [0.15, 0.2) is 0 Å². The fourth-order valence-corrected chi connectivity index (χ4v) is 3.29. The molecule has 3 rings (SSSR count). The minimum absolute atomic E-state index is 0.261. The third-order valence-electron chi connectivity index (χ3n) is 3.59. The molecule has 0 radical (unpaired) electrons. The van der Waals surface area contributed by atoms with Crippen LogP contribution in [0.25, 0.3) is 5.57 Å². The predicted molar refractivity (Wildman–Crippen MR) is 89.6 cm³/mol. The maximum Gasteiger partial charge on any atom is 0.0704 e. The van der Waals surface area contributed by atoms with Crippen LogP contribution in [0, 0.1) is 6.92 Å². The van der Waals surface area contributed by atoms with Crippen molar-refractivity contribution in [1.29, 1.82) is 0 Å². The van der Waals surface area contributed by atoms with Crippen LogP contribution in [-0.4, -0.2) is 11.8 Å². The number of allylic oxidation sites excluding steroid dienone is 2. The predicted octanol–water partition coefficient (Wildman–Crippen LogP) is 3.83. The first-order valence-electron chi connectivity index (χ1n) is 6.68. The summed E-state index contributed by atoms with van der Waals surface area (Å²) in [5.41, 5.74) is 12.2. The van der Waals surface area contributed by atoms with Crippen LogP contribution in [0.15, 0.2) is 59.7 Å². The van der Waals surface area contributed by atoms with Gasteiger partial charge in [0.2, 0.25) is 0 Å². The van der Waals surface area contributed by atoms with Crippen molar-refractivity contribution in [3.63, 3.8) is 0 Å². The number of anilines is 1. The van der Waals surface area contributed by atoms with Gasteiger partial charge in [0.05, 0.1) is 11.1 Å². The van der Waals surface area contributed by atoms with E-state index in [1.54, 1.807) is 11.8 Å². The third kappa shape index (κ3) is 2.41. The Morgan fingerprint density at radius 1 is 1.40 bits per heavy atom. The lowest BCUT2D eigenvalue weighted by Crippen LogP contribution is -2.26. The van der Waals surface area contributed by atoms with Crippen LogP contribution in [-0.2, 0) is 0 Å². The number of fused-ring (bicyclic) bond motifs is 2. The smallest absolute Gasteiger partial charge is 0.0704 e. The highest BCUT2D eigenvalue weighted by atomic mass is 32.2. The molecule has 2 nitrogen and oxygen atoms in total. The Morgan fingerprint density at radius 2 is 2.25 bits per heavy atom. The third-order valence-corrected chi connectivity index (χ3v) is 4.39. The van der Waals surface area contributed by atoms with Gasteiger partial charge in [-0.1, -0.05) is 42.5 Å². The van der Waals surface area contributed by atoms with Gasteiger partial charge in [0.25, 0.3) is 0 Å². The minimum Gasteiger partial charge on any atom is -0.394 e. The van der Waals surface area contributed by atoms with E-state index in [2.05, 4.69) is 61.3 Å². The van der Waals surface area contributed by atoms with Crippen LogP contribution in [0.3, 0.4) is 0 Å². The zero-order chi connectivity index (χ0) is 14.1. The van der Waals surface area contributed by atoms with Crippen LogP contribution < -0.4 is 11.1 Å². The van der Waals surface area contributed by atoms with Crippen molar-refractivity contribution in [2.45, 2.75) is 13.0 Å². The summed E-state index contributed by atoms with van der Waals surface area (Å²) in [6, 6.07) is 6.81. The van der Waals surface area contributed by atoms with Crippen LogP contribution >= 0.6 is 11.8 Å². The van der Waals surface area contributed by atoms with Gasteiger partial charge < -0.3 is 11.1 Å². The number of benzene rings is 1. The highest BCUT2D eigenvalue weighted by Crippen LogP contribution is 2.38. The number of hydrogen-bond acceptors (Lipinski definition) is 3. The molecule has 0 saturated heterocycles. The van der Waals surface area contributed by atoms with Gasteiger partial charge in [-0.15, -0.1) is 11.8 Å². The Labute approximate surface area is 124 Å². The number of aryl methyl sites for hydroxylation is 1. The van der Waals surface area contributed by atoms with Crippen molar-refractivity contribution in [3.8, 4) is 0 Å². The quantitative estimate of drug-likeness (QED) is 0.885. The molecule has 3 heteroatoms. The van der Waals surface area contributed by atoms with E-state index in [0.29, 0.717) is 5.03 Å². The van der Waals surface area contributed by atoms with Crippen LogP contribution in [0.5, 0.6) is 0 Å². The summed E-state index contributed by atoms with van der Waals surface area (Å²) >= 11 is 1.60. The molecule has 0 aromatic heterocycles. The van der Waals surface area contributed by atoms with E-state index in [1.165, 1.54) is 28.0 Å². The van der Waals surface area contributed by atoms with Gasteiger partial charge >= 0.3 is 0 Å². The first kappa shape index (κ1) is 13.1. The molecule has 0 fully saturated rings. The minimum atomic E-state index is 0.261. The van der Waals surface area contributed by atoms with Gasteiger partial charge in [-0.25, -0.2) is 0 Å². The Bertz CT molecular complexity index is 653. The van der Waals surface area contributed by atoms with Gasteiger partial charge in [-0.2, -0.15) is 0 Å². The fourth-order valence-electron chi connectivity index (χ4n) is 2.64. The molecule has 0 spiro atoms. The topological polar surface area (TPSA) is 38.0 Å². The summed E-state index contributed by atoms with van der Waals surface area (Å²) in [5.74, 6) is 0.859. The molecule has 1 aliphatic carbocycles. The van der Waals surface area contributed by atoms with Crippen molar-refractivity contribution in [3.05, 3.63) is 70.8 Å². The summed E-state index contributed by atoms with van der Waals surface area (Å²) in [6.45, 7) is 5.91. The van der Waals surface area contributed by atoms with E-state index >= 15 is 0 Å². The van der Waals surface area contributed by atoms with Gasteiger partial charge in [-0.3, -0.25) is 0 Å². The zero-order valence-corrected chi connectivity index (χ0v) is 12.3. The first-order chi connectivity index (χ1) is 9.65. The second-order valence-corrected chi connectivity index (χ2v) is 6.21. The van der Waals surface area contributed by atoms with E-state index in [0.717, 1.165) is 5.75 Å². The van der Waals surface area contributed by atoms with Gasteiger partial charge in [-0.05, 0) is 30.2 Å². The second kappa shape index (κ2) is 5.25. The molecule has 1 heterocycles. The summed E-state index contributed by atoms with van der Waals surface area (Å²) < 4.78 is 0. The lowest BCUT2D eigenvalue weighted by Gasteiger charge is -2.31. The Balaban J connectivity index is 2.09. The van der Waals surface area contributed by atoms with E-state index in [9.17, 15) is 0 Å². The SMILES string of the molecule is C=C(N)SCC1=C2C=CC=CC2Nc2ccc(C)cc21. The number of nitrogens with one attached hydrogen (secondary N) is 1. The summed E-state index contributed by atoms with van der Waals surface area (Å²) in [4.78, 5) is 0. The number of rotatable bonds is 3. The molecule has 1 aromatic rings. The molecular weight excluding hydrogens is 264 g/mol. The lowest BCUT2D eigenvalue weighted by atomic mass is 9.87. The van der Waals surface area contributed by atoms with Crippen LogP contribution in [0.4, 0.5) is 5.69 Å². The lowest BCUT2D eigenvalue weighted by molar-refractivity contribution is 1.02. The zero-order valence-electron chi connectivity index (χ0n) is 11.5. The molecule has 0 amide bonds.